The lowest BCUT2D eigenvalue weighted by Crippen LogP contribution is -2.44. The molecule has 1 amide bonds. The molecule has 2 aliphatic rings. The fraction of sp³-hybridized carbons (Fsp3) is 0.611. The van der Waals surface area contributed by atoms with Crippen LogP contribution in [0, 0.1) is 5.92 Å². The van der Waals surface area contributed by atoms with Crippen molar-refractivity contribution in [3.63, 3.8) is 0 Å². The van der Waals surface area contributed by atoms with E-state index in [9.17, 15) is 13.2 Å². The minimum Gasteiger partial charge on any atom is -0.378 e. The van der Waals surface area contributed by atoms with Gasteiger partial charge in [0.25, 0.3) is 0 Å². The zero-order valence-electron chi connectivity index (χ0n) is 15.2. The zero-order chi connectivity index (χ0) is 18.6. The molecule has 8 heteroatoms. The standard InChI is InChI=1S/C18H27N3O4S/c1-26(23,24)21-8-2-3-16(14-21)18(22)19-13-15-4-6-17(7-5-15)20-9-11-25-12-10-20/h4-7,16H,2-3,8-14H2,1H3,(H,19,22)/t16-/m0/s1. The normalized spacial score (nSPS) is 22.2. The van der Waals surface area contributed by atoms with Crippen LogP contribution in [0.1, 0.15) is 18.4 Å². The third-order valence-corrected chi connectivity index (χ3v) is 6.27. The van der Waals surface area contributed by atoms with E-state index in [1.807, 2.05) is 12.1 Å². The number of piperidine rings is 1. The molecule has 0 aliphatic carbocycles. The van der Waals surface area contributed by atoms with Crippen molar-refractivity contribution in [1.82, 2.24) is 9.62 Å². The van der Waals surface area contributed by atoms with Crippen LogP contribution in [0.25, 0.3) is 0 Å². The number of ether oxygens (including phenoxy) is 1. The number of nitrogens with one attached hydrogen (secondary N) is 1. The van der Waals surface area contributed by atoms with Crippen molar-refractivity contribution in [3.05, 3.63) is 29.8 Å². The van der Waals surface area contributed by atoms with Crippen molar-refractivity contribution in [2.45, 2.75) is 19.4 Å². The second-order valence-electron chi connectivity index (χ2n) is 6.94. The molecule has 3 rings (SSSR count). The van der Waals surface area contributed by atoms with E-state index in [4.69, 9.17) is 4.74 Å². The second-order valence-corrected chi connectivity index (χ2v) is 8.93. The van der Waals surface area contributed by atoms with Crippen LogP contribution >= 0.6 is 0 Å². The number of carbonyl (C=O) groups is 1. The van der Waals surface area contributed by atoms with Crippen LogP contribution in [0.2, 0.25) is 0 Å². The lowest BCUT2D eigenvalue weighted by Gasteiger charge is -2.30. The maximum absolute atomic E-state index is 12.4. The average molecular weight is 381 g/mol. The number of hydrogen-bond donors (Lipinski definition) is 1. The Hall–Kier alpha value is -1.64. The van der Waals surface area contributed by atoms with E-state index in [0.29, 0.717) is 13.1 Å². The molecule has 144 valence electrons. The molecule has 1 atom stereocenters. The molecule has 2 aliphatic heterocycles. The molecule has 1 N–H and O–H groups in total. The Bertz CT molecular complexity index is 714. The summed E-state index contributed by atoms with van der Waals surface area (Å²) in [5.74, 6) is -0.346. The highest BCUT2D eigenvalue weighted by Gasteiger charge is 2.29. The summed E-state index contributed by atoms with van der Waals surface area (Å²) in [7, 11) is -3.24. The predicted octanol–water partition coefficient (Wildman–Crippen LogP) is 0.811. The number of sulfonamides is 1. The summed E-state index contributed by atoms with van der Waals surface area (Å²) in [5, 5.41) is 2.95. The van der Waals surface area contributed by atoms with Crippen molar-refractivity contribution < 1.29 is 17.9 Å². The molecule has 7 nitrogen and oxygen atoms in total. The van der Waals surface area contributed by atoms with Gasteiger partial charge in [0.2, 0.25) is 15.9 Å². The fourth-order valence-corrected chi connectivity index (χ4v) is 4.35. The van der Waals surface area contributed by atoms with E-state index in [0.717, 1.165) is 44.7 Å². The number of nitrogens with zero attached hydrogens (tertiary/aromatic N) is 2. The summed E-state index contributed by atoms with van der Waals surface area (Å²) in [6, 6.07) is 8.18. The first-order chi connectivity index (χ1) is 12.4. The van der Waals surface area contributed by atoms with Gasteiger partial charge >= 0.3 is 0 Å². The highest BCUT2D eigenvalue weighted by molar-refractivity contribution is 7.88. The van der Waals surface area contributed by atoms with Gasteiger partial charge in [-0.15, -0.1) is 0 Å². The van der Waals surface area contributed by atoms with E-state index >= 15 is 0 Å². The second kappa shape index (κ2) is 8.37. The van der Waals surface area contributed by atoms with Crippen molar-refractivity contribution in [3.8, 4) is 0 Å². The van der Waals surface area contributed by atoms with Crippen molar-refractivity contribution >= 4 is 21.6 Å². The minimum atomic E-state index is -3.24. The van der Waals surface area contributed by atoms with Crippen molar-refractivity contribution in [1.29, 1.82) is 0 Å². The van der Waals surface area contributed by atoms with Gasteiger partial charge in [0, 0.05) is 38.4 Å². The van der Waals surface area contributed by atoms with Crippen LogP contribution in [0.15, 0.2) is 24.3 Å². The quantitative estimate of drug-likeness (QED) is 0.817. The molecule has 2 heterocycles. The van der Waals surface area contributed by atoms with Crippen LogP contribution in [-0.2, 0) is 26.1 Å². The molecule has 0 aromatic heterocycles. The largest absolute Gasteiger partial charge is 0.378 e. The van der Waals surface area contributed by atoms with Crippen molar-refractivity contribution in [2.24, 2.45) is 5.92 Å². The zero-order valence-corrected chi connectivity index (χ0v) is 16.0. The molecule has 2 saturated heterocycles. The van der Waals surface area contributed by atoms with Gasteiger partial charge in [0.15, 0.2) is 0 Å². The van der Waals surface area contributed by atoms with E-state index in [1.54, 1.807) is 0 Å². The van der Waals surface area contributed by atoms with E-state index < -0.39 is 10.0 Å². The molecule has 0 unspecified atom stereocenters. The van der Waals surface area contributed by atoms with Crippen molar-refractivity contribution in [2.75, 3.05) is 50.5 Å². The van der Waals surface area contributed by atoms with Gasteiger partial charge in [-0.05, 0) is 30.5 Å². The van der Waals surface area contributed by atoms with Crippen LogP contribution in [0.5, 0.6) is 0 Å². The van der Waals surface area contributed by atoms with Gasteiger partial charge in [-0.1, -0.05) is 12.1 Å². The Labute approximate surface area is 155 Å². The lowest BCUT2D eigenvalue weighted by atomic mass is 9.98. The molecule has 0 saturated carbocycles. The van der Waals surface area contributed by atoms with E-state index in [2.05, 4.69) is 22.3 Å². The Morgan fingerprint density at radius 1 is 1.19 bits per heavy atom. The first-order valence-electron chi connectivity index (χ1n) is 9.08. The molecule has 0 bridgehead atoms. The summed E-state index contributed by atoms with van der Waals surface area (Å²) < 4.78 is 30.1. The van der Waals surface area contributed by atoms with Gasteiger partial charge in [-0.25, -0.2) is 12.7 Å². The first-order valence-corrected chi connectivity index (χ1v) is 10.9. The monoisotopic (exact) mass is 381 g/mol. The Morgan fingerprint density at radius 2 is 1.88 bits per heavy atom. The third kappa shape index (κ3) is 4.96. The molecular formula is C18H27N3O4S. The molecule has 0 spiro atoms. The molecule has 1 aromatic rings. The van der Waals surface area contributed by atoms with Crippen LogP contribution < -0.4 is 10.2 Å². The average Bonchev–Trinajstić information content (AvgIpc) is 2.66. The Kier molecular flexibility index (Phi) is 6.16. The number of morpholine rings is 1. The number of carbonyl (C=O) groups excluding carboxylic acids is 1. The van der Waals surface area contributed by atoms with Crippen LogP contribution in [0.4, 0.5) is 5.69 Å². The van der Waals surface area contributed by atoms with Crippen LogP contribution in [-0.4, -0.2) is 64.3 Å². The summed E-state index contributed by atoms with van der Waals surface area (Å²) in [5.41, 5.74) is 2.20. The molecule has 1 aromatic carbocycles. The Morgan fingerprint density at radius 3 is 2.54 bits per heavy atom. The number of benzene rings is 1. The maximum Gasteiger partial charge on any atom is 0.224 e. The number of anilines is 1. The molecule has 0 radical (unpaired) electrons. The highest BCUT2D eigenvalue weighted by atomic mass is 32.2. The van der Waals surface area contributed by atoms with E-state index in [-0.39, 0.29) is 18.4 Å². The topological polar surface area (TPSA) is 79.0 Å². The van der Waals surface area contributed by atoms with Crippen LogP contribution in [0.3, 0.4) is 0 Å². The lowest BCUT2D eigenvalue weighted by molar-refractivity contribution is -0.126. The van der Waals surface area contributed by atoms with Gasteiger partial charge in [0.1, 0.15) is 0 Å². The van der Waals surface area contributed by atoms with Gasteiger partial charge in [-0.3, -0.25) is 4.79 Å². The molecular weight excluding hydrogens is 354 g/mol. The summed E-state index contributed by atoms with van der Waals surface area (Å²) in [6.07, 6.45) is 2.65. The van der Waals surface area contributed by atoms with Gasteiger partial charge in [0.05, 0.1) is 25.4 Å². The highest BCUT2D eigenvalue weighted by Crippen LogP contribution is 2.20. The number of amides is 1. The smallest absolute Gasteiger partial charge is 0.224 e. The summed E-state index contributed by atoms with van der Waals surface area (Å²) >= 11 is 0. The van der Waals surface area contributed by atoms with Gasteiger partial charge < -0.3 is 15.0 Å². The van der Waals surface area contributed by atoms with E-state index in [1.165, 1.54) is 16.2 Å². The number of hydrogen-bond acceptors (Lipinski definition) is 5. The predicted molar refractivity (Wildman–Crippen MR) is 100 cm³/mol. The summed E-state index contributed by atoms with van der Waals surface area (Å²) in [6.45, 7) is 4.54. The molecule has 2 fully saturated rings. The SMILES string of the molecule is CS(=O)(=O)N1CCC[C@H](C(=O)NCc2ccc(N3CCOCC3)cc2)C1. The first kappa shape index (κ1) is 19.1. The maximum atomic E-state index is 12.4. The fourth-order valence-electron chi connectivity index (χ4n) is 3.44. The number of rotatable bonds is 5. The van der Waals surface area contributed by atoms with Gasteiger partial charge in [-0.2, -0.15) is 0 Å². The third-order valence-electron chi connectivity index (χ3n) is 5.00. The minimum absolute atomic E-state index is 0.0735. The Balaban J connectivity index is 1.51. The summed E-state index contributed by atoms with van der Waals surface area (Å²) in [4.78, 5) is 14.7. The molecule has 26 heavy (non-hydrogen) atoms.